The molecular weight excluding hydrogens is 244 g/mol. The third-order valence-electron chi connectivity index (χ3n) is 1.91. The van der Waals surface area contributed by atoms with Crippen LogP contribution in [0.1, 0.15) is 25.8 Å². The largest absolute Gasteiger partial charge is 0.478 e. The molecular formula is C10H8N2O4S. The number of nitrogens with one attached hydrogen (secondary N) is 1. The summed E-state index contributed by atoms with van der Waals surface area (Å²) in [6, 6.07) is 1.16. The van der Waals surface area contributed by atoms with Crippen molar-refractivity contribution in [3.63, 3.8) is 0 Å². The van der Waals surface area contributed by atoms with E-state index in [-0.39, 0.29) is 11.3 Å². The molecule has 2 aromatic rings. The van der Waals surface area contributed by atoms with E-state index in [2.05, 4.69) is 10.3 Å². The van der Waals surface area contributed by atoms with E-state index < -0.39 is 11.9 Å². The molecule has 0 unspecified atom stereocenters. The van der Waals surface area contributed by atoms with Crippen molar-refractivity contribution in [3.05, 3.63) is 34.7 Å². The standard InChI is InChI=1S/C10H8N2O4S/c1-5-3-11-10(17-5)12-8(13)7-2-6(4-16-7)9(14)15/h2-4H,1H3,(H,14,15)(H,11,12,13). The molecule has 2 rings (SSSR count). The van der Waals surface area contributed by atoms with Crippen LogP contribution >= 0.6 is 11.3 Å². The number of aromatic carboxylic acids is 1. The van der Waals surface area contributed by atoms with E-state index in [9.17, 15) is 9.59 Å². The van der Waals surface area contributed by atoms with Gasteiger partial charge in [0.05, 0.1) is 5.56 Å². The average Bonchev–Trinajstić information content (AvgIpc) is 2.86. The van der Waals surface area contributed by atoms with Gasteiger partial charge in [-0.15, -0.1) is 11.3 Å². The summed E-state index contributed by atoms with van der Waals surface area (Å²) in [5.41, 5.74) is -0.0644. The molecule has 0 bridgehead atoms. The molecule has 0 aliphatic heterocycles. The highest BCUT2D eigenvalue weighted by Gasteiger charge is 2.15. The summed E-state index contributed by atoms with van der Waals surface area (Å²) < 4.78 is 4.85. The van der Waals surface area contributed by atoms with Crippen molar-refractivity contribution < 1.29 is 19.1 Å². The number of aromatic nitrogens is 1. The van der Waals surface area contributed by atoms with E-state index in [0.717, 1.165) is 17.2 Å². The average molecular weight is 252 g/mol. The first-order chi connectivity index (χ1) is 8.06. The van der Waals surface area contributed by atoms with Crippen LogP contribution in [0.5, 0.6) is 0 Å². The molecule has 6 nitrogen and oxygen atoms in total. The van der Waals surface area contributed by atoms with Gasteiger partial charge in [0, 0.05) is 17.1 Å². The molecule has 2 heterocycles. The molecule has 0 aliphatic rings. The molecule has 0 fully saturated rings. The second-order valence-corrected chi connectivity index (χ2v) is 4.47. The van der Waals surface area contributed by atoms with Crippen LogP contribution in [0.25, 0.3) is 0 Å². The zero-order valence-corrected chi connectivity index (χ0v) is 9.58. The van der Waals surface area contributed by atoms with Gasteiger partial charge in [-0.05, 0) is 6.92 Å². The number of aryl methyl sites for hydroxylation is 1. The maximum Gasteiger partial charge on any atom is 0.338 e. The van der Waals surface area contributed by atoms with Gasteiger partial charge in [-0.1, -0.05) is 0 Å². The van der Waals surface area contributed by atoms with Gasteiger partial charge in [-0.2, -0.15) is 0 Å². The SMILES string of the molecule is Cc1cnc(NC(=O)c2cc(C(=O)O)co2)s1. The number of carboxylic acid groups (broad SMARTS) is 1. The van der Waals surface area contributed by atoms with Crippen LogP contribution in [-0.4, -0.2) is 22.0 Å². The smallest absolute Gasteiger partial charge is 0.338 e. The molecule has 2 N–H and O–H groups in total. The minimum atomic E-state index is -1.14. The molecule has 0 aromatic carbocycles. The molecule has 0 spiro atoms. The van der Waals surface area contributed by atoms with Crippen LogP contribution in [-0.2, 0) is 0 Å². The number of carbonyl (C=O) groups is 2. The van der Waals surface area contributed by atoms with Crippen LogP contribution in [0, 0.1) is 6.92 Å². The van der Waals surface area contributed by atoms with Crippen molar-refractivity contribution >= 4 is 28.3 Å². The van der Waals surface area contributed by atoms with Gasteiger partial charge >= 0.3 is 5.97 Å². The predicted octanol–water partition coefficient (Wildman–Crippen LogP) is 2.00. The van der Waals surface area contributed by atoms with E-state index in [1.807, 2.05) is 6.92 Å². The maximum absolute atomic E-state index is 11.6. The van der Waals surface area contributed by atoms with E-state index >= 15 is 0 Å². The fourth-order valence-electron chi connectivity index (χ4n) is 1.14. The molecule has 2 aromatic heterocycles. The quantitative estimate of drug-likeness (QED) is 0.871. The Kier molecular flexibility index (Phi) is 2.92. The second-order valence-electron chi connectivity index (χ2n) is 3.23. The zero-order chi connectivity index (χ0) is 12.4. The molecule has 0 saturated heterocycles. The Balaban J connectivity index is 2.11. The molecule has 0 saturated carbocycles. The van der Waals surface area contributed by atoms with Crippen molar-refractivity contribution in [2.75, 3.05) is 5.32 Å². The highest BCUT2D eigenvalue weighted by molar-refractivity contribution is 7.15. The van der Waals surface area contributed by atoms with Gasteiger partial charge in [-0.3, -0.25) is 10.1 Å². The van der Waals surface area contributed by atoms with Gasteiger partial charge in [-0.25, -0.2) is 9.78 Å². The lowest BCUT2D eigenvalue weighted by molar-refractivity contribution is 0.0696. The van der Waals surface area contributed by atoms with E-state index in [4.69, 9.17) is 9.52 Å². The van der Waals surface area contributed by atoms with Gasteiger partial charge in [0.15, 0.2) is 10.9 Å². The lowest BCUT2D eigenvalue weighted by atomic mass is 10.3. The summed E-state index contributed by atoms with van der Waals surface area (Å²) in [6.45, 7) is 1.86. The summed E-state index contributed by atoms with van der Waals surface area (Å²) >= 11 is 1.32. The Morgan fingerprint density at radius 2 is 2.29 bits per heavy atom. The van der Waals surface area contributed by atoms with E-state index in [0.29, 0.717) is 5.13 Å². The maximum atomic E-state index is 11.6. The number of amides is 1. The van der Waals surface area contributed by atoms with Crippen LogP contribution in [0.3, 0.4) is 0 Å². The van der Waals surface area contributed by atoms with Crippen molar-refractivity contribution in [2.24, 2.45) is 0 Å². The number of carbonyl (C=O) groups excluding carboxylic acids is 1. The lowest BCUT2D eigenvalue weighted by Crippen LogP contribution is -2.10. The Hall–Kier alpha value is -2.15. The Morgan fingerprint density at radius 3 is 2.82 bits per heavy atom. The van der Waals surface area contributed by atoms with E-state index in [1.54, 1.807) is 6.20 Å². The topological polar surface area (TPSA) is 92.4 Å². The molecule has 17 heavy (non-hydrogen) atoms. The van der Waals surface area contributed by atoms with Crippen LogP contribution in [0.15, 0.2) is 22.9 Å². The second kappa shape index (κ2) is 4.38. The Bertz CT molecular complexity index is 572. The number of hydrogen-bond acceptors (Lipinski definition) is 5. The van der Waals surface area contributed by atoms with Crippen molar-refractivity contribution in [2.45, 2.75) is 6.92 Å². The zero-order valence-electron chi connectivity index (χ0n) is 8.76. The summed E-state index contributed by atoms with van der Waals surface area (Å²) in [5, 5.41) is 11.6. The predicted molar refractivity (Wildman–Crippen MR) is 60.5 cm³/mol. The number of nitrogens with zero attached hydrogens (tertiary/aromatic N) is 1. The van der Waals surface area contributed by atoms with Gasteiger partial charge < -0.3 is 9.52 Å². The number of thiazole rings is 1. The number of rotatable bonds is 3. The highest BCUT2D eigenvalue weighted by Crippen LogP contribution is 2.18. The number of anilines is 1. The summed E-state index contributed by atoms with van der Waals surface area (Å²) in [7, 11) is 0. The molecule has 0 radical (unpaired) electrons. The first-order valence-corrected chi connectivity index (χ1v) is 5.43. The molecule has 7 heteroatoms. The number of hydrogen-bond donors (Lipinski definition) is 2. The molecule has 0 aliphatic carbocycles. The summed E-state index contributed by atoms with van der Waals surface area (Å²) in [6.07, 6.45) is 2.65. The van der Waals surface area contributed by atoms with Crippen molar-refractivity contribution in [3.8, 4) is 0 Å². The highest BCUT2D eigenvalue weighted by atomic mass is 32.1. The summed E-state index contributed by atoms with van der Waals surface area (Å²) in [4.78, 5) is 27.1. The number of furan rings is 1. The van der Waals surface area contributed by atoms with Crippen LogP contribution in [0.2, 0.25) is 0 Å². The minimum Gasteiger partial charge on any atom is -0.478 e. The van der Waals surface area contributed by atoms with Crippen LogP contribution < -0.4 is 5.32 Å². The van der Waals surface area contributed by atoms with Crippen LogP contribution in [0.4, 0.5) is 5.13 Å². The first kappa shape index (κ1) is 11.3. The molecule has 0 atom stereocenters. The monoisotopic (exact) mass is 252 g/mol. The Morgan fingerprint density at radius 1 is 1.53 bits per heavy atom. The molecule has 88 valence electrons. The fourth-order valence-corrected chi connectivity index (χ4v) is 1.80. The van der Waals surface area contributed by atoms with Gasteiger partial charge in [0.1, 0.15) is 6.26 Å². The molecule has 1 amide bonds. The minimum absolute atomic E-state index is 0.0600. The third-order valence-corrected chi connectivity index (χ3v) is 2.74. The van der Waals surface area contributed by atoms with Crippen molar-refractivity contribution in [1.29, 1.82) is 0 Å². The van der Waals surface area contributed by atoms with Crippen molar-refractivity contribution in [1.82, 2.24) is 4.98 Å². The fraction of sp³-hybridized carbons (Fsp3) is 0.100. The first-order valence-electron chi connectivity index (χ1n) is 4.62. The Labute approximate surface area is 99.9 Å². The lowest BCUT2D eigenvalue weighted by Gasteiger charge is -1.96. The van der Waals surface area contributed by atoms with Gasteiger partial charge in [0.2, 0.25) is 0 Å². The number of carboxylic acids is 1. The van der Waals surface area contributed by atoms with Gasteiger partial charge in [0.25, 0.3) is 5.91 Å². The normalized spacial score (nSPS) is 10.2. The third kappa shape index (κ3) is 2.51. The summed E-state index contributed by atoms with van der Waals surface area (Å²) in [5.74, 6) is -1.72. The van der Waals surface area contributed by atoms with E-state index in [1.165, 1.54) is 11.3 Å².